The Labute approximate surface area is 95.0 Å². The van der Waals surface area contributed by atoms with E-state index < -0.39 is 22.4 Å². The van der Waals surface area contributed by atoms with Gasteiger partial charge in [0.1, 0.15) is 0 Å². The van der Waals surface area contributed by atoms with Gasteiger partial charge in [0, 0.05) is 16.5 Å². The summed E-state index contributed by atoms with van der Waals surface area (Å²) in [6.45, 7) is 0. The van der Waals surface area contributed by atoms with Gasteiger partial charge in [-0.05, 0) is 23.3 Å². The number of hydrogen-bond donors (Lipinski definition) is 0. The van der Waals surface area contributed by atoms with Gasteiger partial charge in [0.2, 0.25) is 10.0 Å². The Balaban J connectivity index is 2.55. The number of fused-ring (bicyclic) bond motifs is 1. The third kappa shape index (κ3) is 2.10. The molecule has 0 saturated heterocycles. The lowest BCUT2D eigenvalue weighted by atomic mass is 10.1. The first-order valence-electron chi connectivity index (χ1n) is 6.23. The second-order valence-electron chi connectivity index (χ2n) is 3.02. The molecule has 78 valence electrons. The highest BCUT2D eigenvalue weighted by molar-refractivity contribution is 7.88. The molecule has 1 aromatic rings. The Hall–Kier alpha value is -1.55. The number of rotatable bonds is 1. The maximum absolute atomic E-state index is 11.9. The summed E-state index contributed by atoms with van der Waals surface area (Å²) in [7, 11) is -4.60. The van der Waals surface area contributed by atoms with Crippen molar-refractivity contribution in [1.29, 1.82) is 0 Å². The molecule has 1 aromatic carbocycles. The van der Waals surface area contributed by atoms with Crippen molar-refractivity contribution in [3.8, 4) is 0 Å². The fourth-order valence-corrected chi connectivity index (χ4v) is 1.68. The SMILES string of the molecule is [2H]C1=Cc2ccccc2C=CN1S(=O)(=O)C([2H])([2H])[2H]. The van der Waals surface area contributed by atoms with Crippen molar-refractivity contribution >= 4 is 22.2 Å². The third-order valence-electron chi connectivity index (χ3n) is 1.99. The van der Waals surface area contributed by atoms with Gasteiger partial charge in [0.05, 0.1) is 7.55 Å². The number of sulfonamides is 1. The molecule has 15 heavy (non-hydrogen) atoms. The topological polar surface area (TPSA) is 37.4 Å². The van der Waals surface area contributed by atoms with Crippen LogP contribution in [0.3, 0.4) is 0 Å². The lowest BCUT2D eigenvalue weighted by Gasteiger charge is -2.10. The monoisotopic (exact) mass is 225 g/mol. The van der Waals surface area contributed by atoms with Gasteiger partial charge in [-0.3, -0.25) is 4.31 Å². The lowest BCUT2D eigenvalue weighted by molar-refractivity contribution is 0.561. The van der Waals surface area contributed by atoms with Gasteiger partial charge in [0.25, 0.3) is 0 Å². The van der Waals surface area contributed by atoms with Gasteiger partial charge in [0.15, 0.2) is 0 Å². The smallest absolute Gasteiger partial charge is 0.235 e. The maximum atomic E-state index is 11.9. The zero-order valence-corrected chi connectivity index (χ0v) is 8.53. The molecule has 0 unspecified atom stereocenters. The molecule has 0 atom stereocenters. The summed E-state index contributed by atoms with van der Waals surface area (Å²) in [5.74, 6) is 0. The number of hydrogen-bond acceptors (Lipinski definition) is 2. The summed E-state index contributed by atoms with van der Waals surface area (Å²) in [6, 6.07) is 7.00. The molecule has 0 aromatic heterocycles. The molecule has 0 aliphatic carbocycles. The van der Waals surface area contributed by atoms with E-state index >= 15 is 0 Å². The van der Waals surface area contributed by atoms with E-state index in [0.29, 0.717) is 9.87 Å². The Morgan fingerprint density at radius 1 is 1.27 bits per heavy atom. The molecule has 4 heteroatoms. The highest BCUT2D eigenvalue weighted by atomic mass is 32.2. The van der Waals surface area contributed by atoms with Crippen molar-refractivity contribution in [3.05, 3.63) is 47.8 Å². The van der Waals surface area contributed by atoms with Crippen LogP contribution in [0.1, 0.15) is 16.6 Å². The first-order chi connectivity index (χ1) is 8.73. The third-order valence-corrected chi connectivity index (χ3v) is 2.74. The zero-order valence-electron chi connectivity index (χ0n) is 11.7. The Bertz CT molecular complexity index is 662. The molecular weight excluding hydrogens is 210 g/mol. The Morgan fingerprint density at radius 2 is 1.93 bits per heavy atom. The van der Waals surface area contributed by atoms with E-state index in [4.69, 9.17) is 5.48 Å². The second-order valence-corrected chi connectivity index (χ2v) is 4.36. The van der Waals surface area contributed by atoms with Crippen LogP contribution in [0.5, 0.6) is 0 Å². The van der Waals surface area contributed by atoms with Gasteiger partial charge in [-0.2, -0.15) is 0 Å². The summed E-state index contributed by atoms with van der Waals surface area (Å²) >= 11 is 0. The molecule has 0 bridgehead atoms. The van der Waals surface area contributed by atoms with E-state index in [1.54, 1.807) is 24.3 Å². The van der Waals surface area contributed by atoms with Crippen molar-refractivity contribution in [3.63, 3.8) is 0 Å². The van der Waals surface area contributed by atoms with E-state index in [1.165, 1.54) is 12.2 Å². The molecule has 2 rings (SSSR count). The van der Waals surface area contributed by atoms with E-state index in [2.05, 4.69) is 0 Å². The van der Waals surface area contributed by atoms with E-state index in [0.717, 1.165) is 11.8 Å². The van der Waals surface area contributed by atoms with E-state index in [-0.39, 0.29) is 0 Å². The molecule has 0 N–H and O–H groups in total. The summed E-state index contributed by atoms with van der Waals surface area (Å²) in [4.78, 5) is 0. The zero-order chi connectivity index (χ0) is 14.3. The predicted molar refractivity (Wildman–Crippen MR) is 61.2 cm³/mol. The summed E-state index contributed by atoms with van der Waals surface area (Å²) in [5.41, 5.74) is 1.38. The fraction of sp³-hybridized carbons (Fsp3) is 0.0909. The van der Waals surface area contributed by atoms with Crippen LogP contribution in [-0.4, -0.2) is 18.9 Å². The van der Waals surface area contributed by atoms with Crippen LogP contribution in [0.25, 0.3) is 12.2 Å². The highest BCUT2D eigenvalue weighted by Gasteiger charge is 2.10. The Kier molecular flexibility index (Phi) is 1.45. The molecule has 1 aliphatic heterocycles. The van der Waals surface area contributed by atoms with Crippen molar-refractivity contribution < 1.29 is 13.9 Å². The quantitative estimate of drug-likeness (QED) is 0.732. The van der Waals surface area contributed by atoms with Crippen molar-refractivity contribution in [2.75, 3.05) is 6.18 Å². The van der Waals surface area contributed by atoms with Crippen molar-refractivity contribution in [2.45, 2.75) is 0 Å². The van der Waals surface area contributed by atoms with Gasteiger partial charge in [-0.1, -0.05) is 24.3 Å². The van der Waals surface area contributed by atoms with Crippen molar-refractivity contribution in [1.82, 2.24) is 4.31 Å². The molecular formula is C11H11NO2S. The largest absolute Gasteiger partial charge is 0.253 e. The molecule has 0 radical (unpaired) electrons. The van der Waals surface area contributed by atoms with Gasteiger partial charge in [-0.15, -0.1) is 0 Å². The standard InChI is InChI=1S/C11H11NO2S/c1-15(13,14)12-8-6-10-4-2-3-5-11(10)7-9-12/h2-9H,1H3/i1D3,8D. The average molecular weight is 225 g/mol. The summed E-state index contributed by atoms with van der Waals surface area (Å²) in [5, 5.41) is 0. The second kappa shape index (κ2) is 3.55. The minimum absolute atomic E-state index is 0.405. The van der Waals surface area contributed by atoms with Crippen LogP contribution in [0.2, 0.25) is 0 Å². The van der Waals surface area contributed by atoms with Crippen LogP contribution in [-0.2, 0) is 10.0 Å². The lowest BCUT2D eigenvalue weighted by Crippen LogP contribution is -2.17. The summed E-state index contributed by atoms with van der Waals surface area (Å²) < 4.78 is 53.1. The molecule has 0 spiro atoms. The maximum Gasteiger partial charge on any atom is 0.235 e. The van der Waals surface area contributed by atoms with Gasteiger partial charge >= 0.3 is 0 Å². The van der Waals surface area contributed by atoms with E-state index in [1.807, 2.05) is 0 Å². The number of nitrogens with zero attached hydrogens (tertiary/aromatic N) is 1. The average Bonchev–Trinajstić information content (AvgIpc) is 2.45. The fourth-order valence-electron chi connectivity index (χ4n) is 1.27. The highest BCUT2D eigenvalue weighted by Crippen LogP contribution is 2.18. The van der Waals surface area contributed by atoms with Crippen LogP contribution in [0.4, 0.5) is 0 Å². The Morgan fingerprint density at radius 3 is 2.60 bits per heavy atom. The first kappa shape index (κ1) is 6.12. The molecule has 1 heterocycles. The van der Waals surface area contributed by atoms with Crippen LogP contribution < -0.4 is 0 Å². The molecule has 1 aliphatic rings. The normalized spacial score (nSPS) is 20.3. The van der Waals surface area contributed by atoms with E-state index in [9.17, 15) is 8.42 Å². The van der Waals surface area contributed by atoms with Gasteiger partial charge < -0.3 is 0 Å². The molecule has 0 saturated carbocycles. The van der Waals surface area contributed by atoms with Crippen LogP contribution >= 0.6 is 0 Å². The van der Waals surface area contributed by atoms with Gasteiger partial charge in [-0.25, -0.2) is 8.42 Å². The molecule has 0 fully saturated rings. The minimum atomic E-state index is -4.60. The minimum Gasteiger partial charge on any atom is -0.253 e. The van der Waals surface area contributed by atoms with Crippen LogP contribution in [0.15, 0.2) is 36.6 Å². The number of benzene rings is 1. The summed E-state index contributed by atoms with van der Waals surface area (Å²) in [6.07, 6.45) is 0.271. The van der Waals surface area contributed by atoms with Crippen molar-refractivity contribution in [2.24, 2.45) is 0 Å². The molecule has 3 nitrogen and oxygen atoms in total. The predicted octanol–water partition coefficient (Wildman–Crippen LogP) is 1.90. The van der Waals surface area contributed by atoms with Crippen LogP contribution in [0, 0.1) is 0 Å². The molecule has 0 amide bonds. The first-order valence-corrected chi connectivity index (χ1v) is 5.67.